The van der Waals surface area contributed by atoms with Gasteiger partial charge < -0.3 is 15.4 Å². The Morgan fingerprint density at radius 3 is 2.54 bits per heavy atom. The van der Waals surface area contributed by atoms with Crippen LogP contribution < -0.4 is 15.4 Å². The Labute approximate surface area is 161 Å². The van der Waals surface area contributed by atoms with Crippen LogP contribution >= 0.6 is 24.0 Å². The van der Waals surface area contributed by atoms with Gasteiger partial charge in [0.2, 0.25) is 0 Å². The summed E-state index contributed by atoms with van der Waals surface area (Å²) in [4.78, 5) is 8.81. The van der Waals surface area contributed by atoms with Gasteiger partial charge in [-0.25, -0.2) is 4.99 Å². The zero-order chi connectivity index (χ0) is 16.3. The molecular weight excluding hydrogens is 415 g/mol. The van der Waals surface area contributed by atoms with Crippen molar-refractivity contribution in [3.05, 3.63) is 60.4 Å². The van der Waals surface area contributed by atoms with E-state index in [1.54, 1.807) is 6.20 Å². The summed E-state index contributed by atoms with van der Waals surface area (Å²) in [7, 11) is 0. The molecule has 5 nitrogen and oxygen atoms in total. The number of aliphatic imine (C=N–C) groups is 1. The van der Waals surface area contributed by atoms with Crippen molar-refractivity contribution >= 4 is 29.9 Å². The van der Waals surface area contributed by atoms with Crippen LogP contribution in [0.1, 0.15) is 19.5 Å². The third-order valence-corrected chi connectivity index (χ3v) is 3.11. The molecule has 0 amide bonds. The van der Waals surface area contributed by atoms with Crippen molar-refractivity contribution in [1.29, 1.82) is 0 Å². The molecule has 1 atom stereocenters. The molecule has 0 aliphatic carbocycles. The van der Waals surface area contributed by atoms with Crippen LogP contribution in [-0.4, -0.2) is 30.1 Å². The van der Waals surface area contributed by atoms with Crippen LogP contribution in [0.4, 0.5) is 0 Å². The molecule has 0 radical (unpaired) electrons. The summed E-state index contributed by atoms with van der Waals surface area (Å²) in [6, 6.07) is 15.7. The maximum absolute atomic E-state index is 5.85. The van der Waals surface area contributed by atoms with Crippen LogP contribution in [0.5, 0.6) is 5.75 Å². The van der Waals surface area contributed by atoms with Crippen molar-refractivity contribution in [3.63, 3.8) is 0 Å². The number of ether oxygens (including phenoxy) is 1. The molecule has 24 heavy (non-hydrogen) atoms. The number of para-hydroxylation sites is 1. The number of benzene rings is 1. The maximum Gasteiger partial charge on any atom is 0.191 e. The third kappa shape index (κ3) is 7.63. The number of nitrogens with one attached hydrogen (secondary N) is 2. The van der Waals surface area contributed by atoms with E-state index in [4.69, 9.17) is 4.74 Å². The first-order valence-corrected chi connectivity index (χ1v) is 7.91. The molecule has 0 aliphatic rings. The number of aromatic nitrogens is 1. The van der Waals surface area contributed by atoms with Crippen molar-refractivity contribution in [3.8, 4) is 5.75 Å². The lowest BCUT2D eigenvalue weighted by Crippen LogP contribution is -2.41. The van der Waals surface area contributed by atoms with Gasteiger partial charge in [-0.15, -0.1) is 24.0 Å². The molecule has 0 bridgehead atoms. The molecule has 0 spiro atoms. The van der Waals surface area contributed by atoms with E-state index in [-0.39, 0.29) is 30.1 Å². The van der Waals surface area contributed by atoms with Gasteiger partial charge in [-0.05, 0) is 38.1 Å². The Hall–Kier alpha value is -1.83. The van der Waals surface area contributed by atoms with Gasteiger partial charge in [0.25, 0.3) is 0 Å². The van der Waals surface area contributed by atoms with Crippen LogP contribution in [0, 0.1) is 0 Å². The average Bonchev–Trinajstić information content (AvgIpc) is 2.59. The summed E-state index contributed by atoms with van der Waals surface area (Å²) in [5.74, 6) is 1.64. The minimum atomic E-state index is 0. The Balaban J connectivity index is 0.00000288. The van der Waals surface area contributed by atoms with E-state index in [9.17, 15) is 0 Å². The molecule has 0 saturated heterocycles. The molecule has 0 aliphatic heterocycles. The van der Waals surface area contributed by atoms with E-state index in [0.29, 0.717) is 13.1 Å². The number of hydrogen-bond acceptors (Lipinski definition) is 3. The summed E-state index contributed by atoms with van der Waals surface area (Å²) in [6.45, 7) is 6.10. The summed E-state index contributed by atoms with van der Waals surface area (Å²) >= 11 is 0. The van der Waals surface area contributed by atoms with Crippen molar-refractivity contribution in [2.45, 2.75) is 26.5 Å². The van der Waals surface area contributed by atoms with Gasteiger partial charge in [0, 0.05) is 12.7 Å². The highest BCUT2D eigenvalue weighted by Crippen LogP contribution is 2.10. The molecule has 2 rings (SSSR count). The van der Waals surface area contributed by atoms with Gasteiger partial charge in [-0.3, -0.25) is 4.98 Å². The molecule has 2 aromatic rings. The monoisotopic (exact) mass is 440 g/mol. The summed E-state index contributed by atoms with van der Waals surface area (Å²) in [6.07, 6.45) is 1.82. The largest absolute Gasteiger partial charge is 0.489 e. The van der Waals surface area contributed by atoms with Gasteiger partial charge in [-0.2, -0.15) is 0 Å². The Bertz CT molecular complexity index is 592. The van der Waals surface area contributed by atoms with E-state index >= 15 is 0 Å². The Morgan fingerprint density at radius 2 is 1.88 bits per heavy atom. The second kappa shape index (κ2) is 11.7. The smallest absolute Gasteiger partial charge is 0.191 e. The first-order valence-electron chi connectivity index (χ1n) is 7.91. The van der Waals surface area contributed by atoms with E-state index in [0.717, 1.165) is 23.9 Å². The van der Waals surface area contributed by atoms with Gasteiger partial charge in [0.15, 0.2) is 5.96 Å². The SMILES string of the molecule is CCNC(=NCc1ccccn1)NCC(C)Oc1ccccc1.I. The molecule has 0 fully saturated rings. The van der Waals surface area contributed by atoms with E-state index in [1.165, 1.54) is 0 Å². The molecule has 1 heterocycles. The lowest BCUT2D eigenvalue weighted by molar-refractivity contribution is 0.224. The first kappa shape index (κ1) is 20.2. The second-order valence-electron chi connectivity index (χ2n) is 5.14. The first-order chi connectivity index (χ1) is 11.3. The second-order valence-corrected chi connectivity index (χ2v) is 5.14. The highest BCUT2D eigenvalue weighted by Gasteiger charge is 2.05. The number of nitrogens with zero attached hydrogens (tertiary/aromatic N) is 2. The number of guanidine groups is 1. The van der Waals surface area contributed by atoms with Gasteiger partial charge in [0.05, 0.1) is 18.8 Å². The molecule has 130 valence electrons. The Morgan fingerprint density at radius 1 is 1.12 bits per heavy atom. The highest BCUT2D eigenvalue weighted by atomic mass is 127. The quantitative estimate of drug-likeness (QED) is 0.395. The number of halogens is 1. The number of rotatable bonds is 7. The molecule has 2 N–H and O–H groups in total. The molecule has 1 aromatic carbocycles. The van der Waals surface area contributed by atoms with Crippen LogP contribution in [-0.2, 0) is 6.54 Å². The van der Waals surface area contributed by atoms with Crippen LogP contribution in [0.3, 0.4) is 0 Å². The van der Waals surface area contributed by atoms with E-state index in [2.05, 4.69) is 20.6 Å². The lowest BCUT2D eigenvalue weighted by atomic mass is 10.3. The van der Waals surface area contributed by atoms with Crippen molar-refractivity contribution in [2.75, 3.05) is 13.1 Å². The average molecular weight is 440 g/mol. The van der Waals surface area contributed by atoms with E-state index in [1.807, 2.05) is 62.4 Å². The molecular formula is C18H25IN4O. The topological polar surface area (TPSA) is 58.5 Å². The van der Waals surface area contributed by atoms with Gasteiger partial charge in [0.1, 0.15) is 11.9 Å². The van der Waals surface area contributed by atoms with Crippen molar-refractivity contribution in [1.82, 2.24) is 15.6 Å². The zero-order valence-corrected chi connectivity index (χ0v) is 16.4. The zero-order valence-electron chi connectivity index (χ0n) is 14.1. The van der Waals surface area contributed by atoms with Crippen LogP contribution in [0.25, 0.3) is 0 Å². The van der Waals surface area contributed by atoms with Crippen LogP contribution in [0.2, 0.25) is 0 Å². The predicted molar refractivity (Wildman–Crippen MR) is 109 cm³/mol. The minimum Gasteiger partial charge on any atom is -0.489 e. The summed E-state index contributed by atoms with van der Waals surface area (Å²) < 4.78 is 5.85. The minimum absolute atomic E-state index is 0. The fourth-order valence-electron chi connectivity index (χ4n) is 2.01. The van der Waals surface area contributed by atoms with Gasteiger partial charge >= 0.3 is 0 Å². The molecule has 6 heteroatoms. The predicted octanol–water partition coefficient (Wildman–Crippen LogP) is 3.22. The highest BCUT2D eigenvalue weighted by molar-refractivity contribution is 14.0. The van der Waals surface area contributed by atoms with E-state index < -0.39 is 0 Å². The normalized spacial score (nSPS) is 12.0. The maximum atomic E-state index is 5.85. The van der Waals surface area contributed by atoms with Gasteiger partial charge in [-0.1, -0.05) is 24.3 Å². The van der Waals surface area contributed by atoms with Crippen molar-refractivity contribution in [2.24, 2.45) is 4.99 Å². The molecule has 0 saturated carbocycles. The lowest BCUT2D eigenvalue weighted by Gasteiger charge is -2.17. The number of pyridine rings is 1. The number of hydrogen-bond donors (Lipinski definition) is 2. The fourth-order valence-corrected chi connectivity index (χ4v) is 2.01. The Kier molecular flexibility index (Phi) is 9.83. The third-order valence-electron chi connectivity index (χ3n) is 3.11. The van der Waals surface area contributed by atoms with Crippen LogP contribution in [0.15, 0.2) is 59.7 Å². The fraction of sp³-hybridized carbons (Fsp3) is 0.333. The molecule has 1 aromatic heterocycles. The summed E-state index contributed by atoms with van der Waals surface area (Å²) in [5, 5.41) is 6.52. The standard InChI is InChI=1S/C18H24N4O.HI/c1-3-19-18(22-14-16-9-7-8-12-20-16)21-13-15(2)23-17-10-5-4-6-11-17;/h4-12,15H,3,13-14H2,1-2H3,(H2,19,21,22);1H. The molecule has 1 unspecified atom stereocenters. The van der Waals surface area contributed by atoms with Crippen molar-refractivity contribution < 1.29 is 4.74 Å². The summed E-state index contributed by atoms with van der Waals surface area (Å²) in [5.41, 5.74) is 0.943.